The van der Waals surface area contributed by atoms with Gasteiger partial charge in [0.15, 0.2) is 0 Å². The number of rotatable bonds is 2. The highest BCUT2D eigenvalue weighted by Gasteiger charge is 2.07. The van der Waals surface area contributed by atoms with Gasteiger partial charge in [0.05, 0.1) is 0 Å². The summed E-state index contributed by atoms with van der Waals surface area (Å²) in [5.74, 6) is 0.390. The van der Waals surface area contributed by atoms with Crippen LogP contribution in [-0.2, 0) is 0 Å². The van der Waals surface area contributed by atoms with Gasteiger partial charge < -0.3 is 11.1 Å². The molecule has 0 saturated carbocycles. The fourth-order valence-electron chi connectivity index (χ4n) is 1.43. The maximum Gasteiger partial charge on any atom is 0.256 e. The smallest absolute Gasteiger partial charge is 0.256 e. The Morgan fingerprint density at radius 3 is 2.37 bits per heavy atom. The lowest BCUT2D eigenvalue weighted by Gasteiger charge is -2.06. The van der Waals surface area contributed by atoms with Gasteiger partial charge in [-0.1, -0.05) is 6.07 Å². The van der Waals surface area contributed by atoms with E-state index in [1.54, 1.807) is 30.5 Å². The van der Waals surface area contributed by atoms with E-state index in [0.29, 0.717) is 17.1 Å². The Balaban J connectivity index is 0.00000162. The summed E-state index contributed by atoms with van der Waals surface area (Å²) in [6, 6.07) is 10.5. The third-order valence-electron chi connectivity index (χ3n) is 2.41. The molecule has 19 heavy (non-hydrogen) atoms. The molecule has 3 N–H and O–H groups in total. The Bertz CT molecular complexity index is 544. The molecule has 0 saturated heterocycles. The van der Waals surface area contributed by atoms with Crippen LogP contribution in [0.1, 0.15) is 15.9 Å². The molecule has 0 fully saturated rings. The summed E-state index contributed by atoms with van der Waals surface area (Å²) in [6.45, 7) is 1.89. The average molecular weight is 300 g/mol. The number of carbonyl (C=O) groups is 1. The second-order valence-electron chi connectivity index (χ2n) is 3.75. The van der Waals surface area contributed by atoms with Gasteiger partial charge >= 0.3 is 0 Å². The molecule has 1 aromatic carbocycles. The molecule has 0 aliphatic rings. The molecule has 1 heterocycles. The topological polar surface area (TPSA) is 68.0 Å². The summed E-state index contributed by atoms with van der Waals surface area (Å²) < 4.78 is 0. The third kappa shape index (κ3) is 4.43. The Kier molecular flexibility index (Phi) is 6.90. The van der Waals surface area contributed by atoms with Crippen LogP contribution < -0.4 is 11.1 Å². The number of nitrogen functional groups attached to an aromatic ring is 1. The van der Waals surface area contributed by atoms with E-state index >= 15 is 0 Å². The number of aromatic nitrogens is 1. The van der Waals surface area contributed by atoms with E-state index in [2.05, 4.69) is 10.3 Å². The van der Waals surface area contributed by atoms with Crippen LogP contribution in [0.3, 0.4) is 0 Å². The summed E-state index contributed by atoms with van der Waals surface area (Å²) in [7, 11) is 0. The lowest BCUT2D eigenvalue weighted by Crippen LogP contribution is -2.13. The first kappa shape index (κ1) is 17.2. The van der Waals surface area contributed by atoms with Crippen molar-refractivity contribution in [3.05, 3.63) is 53.7 Å². The van der Waals surface area contributed by atoms with E-state index in [1.807, 2.05) is 19.1 Å². The number of halogens is 2. The fraction of sp³-hybridized carbons (Fsp3) is 0.0769. The van der Waals surface area contributed by atoms with Gasteiger partial charge in [-0.15, -0.1) is 24.8 Å². The van der Waals surface area contributed by atoms with Gasteiger partial charge in [0.25, 0.3) is 5.91 Å². The zero-order valence-corrected chi connectivity index (χ0v) is 11.9. The summed E-state index contributed by atoms with van der Waals surface area (Å²) in [4.78, 5) is 16.0. The normalized spacial score (nSPS) is 8.89. The highest BCUT2D eigenvalue weighted by Crippen LogP contribution is 2.12. The standard InChI is InChI=1S/C13H13N3O.2ClH/c1-9-3-2-8-15-12(9)16-13(17)10-4-6-11(14)7-5-10;;/h2-8H,14H2,1H3,(H,15,16,17);2*1H. The molecule has 0 spiro atoms. The molecule has 0 unspecified atom stereocenters. The third-order valence-corrected chi connectivity index (χ3v) is 2.41. The van der Waals surface area contributed by atoms with Gasteiger partial charge in [0.1, 0.15) is 5.82 Å². The van der Waals surface area contributed by atoms with Crippen LogP contribution in [0.15, 0.2) is 42.6 Å². The molecule has 0 aliphatic heterocycles. The first-order chi connectivity index (χ1) is 8.16. The molecule has 0 radical (unpaired) electrons. The van der Waals surface area contributed by atoms with Crippen molar-refractivity contribution in [2.45, 2.75) is 6.92 Å². The predicted molar refractivity (Wildman–Crippen MR) is 82.3 cm³/mol. The summed E-state index contributed by atoms with van der Waals surface area (Å²) >= 11 is 0. The van der Waals surface area contributed by atoms with Crippen molar-refractivity contribution in [2.75, 3.05) is 11.1 Å². The van der Waals surface area contributed by atoms with Crippen LogP contribution in [0.5, 0.6) is 0 Å². The van der Waals surface area contributed by atoms with Gasteiger partial charge in [0, 0.05) is 17.4 Å². The van der Waals surface area contributed by atoms with Gasteiger partial charge in [0.2, 0.25) is 0 Å². The molecule has 102 valence electrons. The predicted octanol–water partition coefficient (Wildman–Crippen LogP) is 3.07. The van der Waals surface area contributed by atoms with Crippen molar-refractivity contribution in [3.63, 3.8) is 0 Å². The van der Waals surface area contributed by atoms with Crippen molar-refractivity contribution in [1.82, 2.24) is 4.98 Å². The number of pyridine rings is 1. The minimum Gasteiger partial charge on any atom is -0.399 e. The van der Waals surface area contributed by atoms with Gasteiger partial charge in [-0.05, 0) is 42.8 Å². The number of benzene rings is 1. The molecular formula is C13H15Cl2N3O. The zero-order chi connectivity index (χ0) is 12.3. The van der Waals surface area contributed by atoms with Gasteiger partial charge in [-0.3, -0.25) is 4.79 Å². The number of aryl methyl sites for hydroxylation is 1. The van der Waals surface area contributed by atoms with E-state index in [1.165, 1.54) is 0 Å². The summed E-state index contributed by atoms with van der Waals surface area (Å²) in [5, 5.41) is 2.76. The second-order valence-corrected chi connectivity index (χ2v) is 3.75. The number of carbonyl (C=O) groups excluding carboxylic acids is 1. The molecule has 6 heteroatoms. The first-order valence-electron chi connectivity index (χ1n) is 5.25. The molecule has 0 bridgehead atoms. The lowest BCUT2D eigenvalue weighted by atomic mass is 10.2. The van der Waals surface area contributed by atoms with Crippen LogP contribution >= 0.6 is 24.8 Å². The minimum atomic E-state index is -0.188. The summed E-state index contributed by atoms with van der Waals surface area (Å²) in [5.41, 5.74) is 7.68. The van der Waals surface area contributed by atoms with Crippen molar-refractivity contribution in [2.24, 2.45) is 0 Å². The minimum absolute atomic E-state index is 0. The first-order valence-corrected chi connectivity index (χ1v) is 5.25. The van der Waals surface area contributed by atoms with Crippen molar-refractivity contribution < 1.29 is 4.79 Å². The zero-order valence-electron chi connectivity index (χ0n) is 10.3. The van der Waals surface area contributed by atoms with E-state index in [9.17, 15) is 4.79 Å². The van der Waals surface area contributed by atoms with Crippen LogP contribution in [0.25, 0.3) is 0 Å². The largest absolute Gasteiger partial charge is 0.399 e. The fourth-order valence-corrected chi connectivity index (χ4v) is 1.43. The molecule has 4 nitrogen and oxygen atoms in total. The van der Waals surface area contributed by atoms with Crippen LogP contribution in [0.2, 0.25) is 0 Å². The number of anilines is 2. The van der Waals surface area contributed by atoms with E-state index in [4.69, 9.17) is 5.73 Å². The van der Waals surface area contributed by atoms with Crippen molar-refractivity contribution in [1.29, 1.82) is 0 Å². The molecule has 1 aromatic heterocycles. The monoisotopic (exact) mass is 299 g/mol. The van der Waals surface area contributed by atoms with E-state index < -0.39 is 0 Å². The van der Waals surface area contributed by atoms with Crippen molar-refractivity contribution >= 4 is 42.2 Å². The second kappa shape index (κ2) is 7.61. The SMILES string of the molecule is Cc1cccnc1NC(=O)c1ccc(N)cc1.Cl.Cl. The molecule has 2 rings (SSSR count). The number of nitrogens with zero attached hydrogens (tertiary/aromatic N) is 1. The van der Waals surface area contributed by atoms with Crippen LogP contribution in [0.4, 0.5) is 11.5 Å². The van der Waals surface area contributed by atoms with Crippen LogP contribution in [0, 0.1) is 6.92 Å². The van der Waals surface area contributed by atoms with Crippen molar-refractivity contribution in [3.8, 4) is 0 Å². The van der Waals surface area contributed by atoms with Gasteiger partial charge in [-0.2, -0.15) is 0 Å². The molecule has 1 amide bonds. The number of nitrogens with one attached hydrogen (secondary N) is 1. The number of hydrogen-bond acceptors (Lipinski definition) is 3. The van der Waals surface area contributed by atoms with E-state index in [0.717, 1.165) is 5.56 Å². The van der Waals surface area contributed by atoms with E-state index in [-0.39, 0.29) is 30.7 Å². The molecular weight excluding hydrogens is 285 g/mol. The number of amides is 1. The Labute approximate surface area is 124 Å². The van der Waals surface area contributed by atoms with Crippen LogP contribution in [-0.4, -0.2) is 10.9 Å². The quantitative estimate of drug-likeness (QED) is 0.838. The highest BCUT2D eigenvalue weighted by atomic mass is 35.5. The Morgan fingerprint density at radius 1 is 1.16 bits per heavy atom. The maximum atomic E-state index is 11.9. The Morgan fingerprint density at radius 2 is 1.79 bits per heavy atom. The highest BCUT2D eigenvalue weighted by molar-refractivity contribution is 6.04. The molecule has 2 aromatic rings. The maximum absolute atomic E-state index is 11.9. The van der Waals surface area contributed by atoms with Gasteiger partial charge in [-0.25, -0.2) is 4.98 Å². The molecule has 0 atom stereocenters. The average Bonchev–Trinajstić information content (AvgIpc) is 2.33. The lowest BCUT2D eigenvalue weighted by molar-refractivity contribution is 0.102. The Hall–Kier alpha value is -1.78. The number of nitrogens with two attached hydrogens (primary N) is 1. The number of hydrogen-bond donors (Lipinski definition) is 2. The molecule has 0 aliphatic carbocycles. The summed E-state index contributed by atoms with van der Waals surface area (Å²) in [6.07, 6.45) is 1.64.